The lowest BCUT2D eigenvalue weighted by molar-refractivity contribution is 0.322. The molecular formula is C28H24N2O2S. The highest BCUT2D eigenvalue weighted by atomic mass is 32.1. The lowest BCUT2D eigenvalue weighted by atomic mass is 10.0. The molecule has 0 unspecified atom stereocenters. The smallest absolute Gasteiger partial charge is 0.134 e. The molecule has 3 aromatic carbocycles. The van der Waals surface area contributed by atoms with Crippen molar-refractivity contribution in [3.8, 4) is 40.0 Å². The molecule has 0 fully saturated rings. The van der Waals surface area contributed by atoms with Crippen molar-refractivity contribution < 1.29 is 9.47 Å². The molecule has 0 amide bonds. The van der Waals surface area contributed by atoms with Crippen molar-refractivity contribution in [3.63, 3.8) is 0 Å². The highest BCUT2D eigenvalue weighted by molar-refractivity contribution is 7.11. The van der Waals surface area contributed by atoms with Gasteiger partial charge in [-0.25, -0.2) is 4.98 Å². The molecule has 0 atom stereocenters. The van der Waals surface area contributed by atoms with Crippen LogP contribution in [0, 0.1) is 11.3 Å². The zero-order valence-corrected chi connectivity index (χ0v) is 19.4. The Hall–Kier alpha value is -3.88. The van der Waals surface area contributed by atoms with E-state index < -0.39 is 0 Å². The van der Waals surface area contributed by atoms with Crippen molar-refractivity contribution >= 4 is 23.0 Å². The maximum Gasteiger partial charge on any atom is 0.134 e. The molecule has 5 heteroatoms. The molecule has 164 valence electrons. The summed E-state index contributed by atoms with van der Waals surface area (Å²) in [6.07, 6.45) is 1.82. The van der Waals surface area contributed by atoms with E-state index in [-0.39, 0.29) is 0 Å². The van der Waals surface area contributed by atoms with E-state index in [1.807, 2.05) is 61.7 Å². The first kappa shape index (κ1) is 22.3. The van der Waals surface area contributed by atoms with Crippen LogP contribution in [0.25, 0.3) is 34.0 Å². The second kappa shape index (κ2) is 10.6. The number of ether oxygens (including phenoxy) is 2. The average molecular weight is 453 g/mol. The molecule has 0 bridgehead atoms. The van der Waals surface area contributed by atoms with Crippen molar-refractivity contribution in [1.29, 1.82) is 5.26 Å². The lowest BCUT2D eigenvalue weighted by Crippen LogP contribution is -1.97. The SMILES string of the molecule is CCOc1ccc(/C=C(\C#N)c2nc(-c3ccc(-c4ccccc4)cc3)cs2)c(OCC)c1. The maximum atomic E-state index is 9.83. The minimum atomic E-state index is 0.497. The van der Waals surface area contributed by atoms with Gasteiger partial charge in [0, 0.05) is 22.6 Å². The van der Waals surface area contributed by atoms with Gasteiger partial charge in [0.2, 0.25) is 0 Å². The van der Waals surface area contributed by atoms with Gasteiger partial charge in [-0.15, -0.1) is 11.3 Å². The molecule has 0 saturated carbocycles. The maximum absolute atomic E-state index is 9.83. The third-order valence-corrected chi connectivity index (χ3v) is 5.91. The fourth-order valence-electron chi connectivity index (χ4n) is 3.46. The van der Waals surface area contributed by atoms with Gasteiger partial charge in [0.1, 0.15) is 22.6 Å². The van der Waals surface area contributed by atoms with Crippen LogP contribution in [0.15, 0.2) is 78.2 Å². The van der Waals surface area contributed by atoms with E-state index in [9.17, 15) is 5.26 Å². The van der Waals surface area contributed by atoms with Crippen LogP contribution in [0.1, 0.15) is 24.4 Å². The first-order valence-corrected chi connectivity index (χ1v) is 11.7. The third-order valence-electron chi connectivity index (χ3n) is 5.04. The molecule has 0 radical (unpaired) electrons. The molecule has 33 heavy (non-hydrogen) atoms. The van der Waals surface area contributed by atoms with Gasteiger partial charge in [0.05, 0.1) is 24.5 Å². The molecule has 0 aliphatic heterocycles. The summed E-state index contributed by atoms with van der Waals surface area (Å²) in [4.78, 5) is 4.74. The van der Waals surface area contributed by atoms with Crippen LogP contribution in [0.5, 0.6) is 11.5 Å². The number of benzene rings is 3. The molecule has 0 spiro atoms. The number of hydrogen-bond acceptors (Lipinski definition) is 5. The van der Waals surface area contributed by atoms with Gasteiger partial charge in [0.15, 0.2) is 0 Å². The molecule has 4 rings (SSSR count). The first-order chi connectivity index (χ1) is 16.2. The predicted octanol–water partition coefficient (Wildman–Crippen LogP) is 7.34. The summed E-state index contributed by atoms with van der Waals surface area (Å²) in [5, 5.41) is 12.5. The molecule has 1 aromatic heterocycles. The van der Waals surface area contributed by atoms with Crippen LogP contribution in [-0.2, 0) is 0 Å². The Kier molecular flexibility index (Phi) is 7.19. The fraction of sp³-hybridized carbons (Fsp3) is 0.143. The third kappa shape index (κ3) is 5.31. The Morgan fingerprint density at radius 2 is 1.61 bits per heavy atom. The van der Waals surface area contributed by atoms with Gasteiger partial charge in [0.25, 0.3) is 0 Å². The summed E-state index contributed by atoms with van der Waals surface area (Å²) in [7, 11) is 0. The molecule has 0 N–H and O–H groups in total. The van der Waals surface area contributed by atoms with Gasteiger partial charge in [-0.2, -0.15) is 5.26 Å². The molecule has 0 aliphatic rings. The molecule has 4 aromatic rings. The van der Waals surface area contributed by atoms with Crippen LogP contribution < -0.4 is 9.47 Å². The zero-order valence-electron chi connectivity index (χ0n) is 18.6. The molecular weight excluding hydrogens is 428 g/mol. The van der Waals surface area contributed by atoms with Gasteiger partial charge in [-0.05, 0) is 43.2 Å². The Labute approximate surface area is 198 Å². The molecule has 0 saturated heterocycles. The minimum Gasteiger partial charge on any atom is -0.494 e. The quantitative estimate of drug-likeness (QED) is 0.262. The van der Waals surface area contributed by atoms with Crippen LogP contribution in [0.2, 0.25) is 0 Å². The van der Waals surface area contributed by atoms with Crippen molar-refractivity contribution in [1.82, 2.24) is 4.98 Å². The molecule has 1 heterocycles. The normalized spacial score (nSPS) is 11.1. The molecule has 0 aliphatic carbocycles. The van der Waals surface area contributed by atoms with E-state index in [2.05, 4.69) is 42.5 Å². The summed E-state index contributed by atoms with van der Waals surface area (Å²) in [6.45, 7) is 4.98. The largest absolute Gasteiger partial charge is 0.494 e. The zero-order chi connectivity index (χ0) is 23.0. The Morgan fingerprint density at radius 3 is 2.30 bits per heavy atom. The standard InChI is InChI=1S/C28H24N2O2S/c1-3-31-25-15-14-23(27(17-25)32-4-2)16-24(18-29)28-30-26(19-33-28)22-12-10-21(11-13-22)20-8-6-5-7-9-20/h5-17,19H,3-4H2,1-2H3/b24-16+. The van der Waals surface area contributed by atoms with Crippen LogP contribution in [0.3, 0.4) is 0 Å². The van der Waals surface area contributed by atoms with Crippen molar-refractivity contribution in [2.45, 2.75) is 13.8 Å². The van der Waals surface area contributed by atoms with E-state index >= 15 is 0 Å². The molecule has 4 nitrogen and oxygen atoms in total. The van der Waals surface area contributed by atoms with E-state index in [1.165, 1.54) is 16.9 Å². The summed E-state index contributed by atoms with van der Waals surface area (Å²) < 4.78 is 11.4. The number of nitrogens with zero attached hydrogens (tertiary/aromatic N) is 2. The average Bonchev–Trinajstić information content (AvgIpc) is 3.35. The van der Waals surface area contributed by atoms with Crippen molar-refractivity contribution in [2.75, 3.05) is 13.2 Å². The highest BCUT2D eigenvalue weighted by Crippen LogP contribution is 2.32. The topological polar surface area (TPSA) is 55.1 Å². The summed E-state index contributed by atoms with van der Waals surface area (Å²) in [6, 6.07) is 26.5. The Balaban J connectivity index is 1.61. The number of rotatable bonds is 8. The van der Waals surface area contributed by atoms with Crippen molar-refractivity contribution in [3.05, 3.63) is 88.7 Å². The van der Waals surface area contributed by atoms with Gasteiger partial charge < -0.3 is 9.47 Å². The number of aromatic nitrogens is 1. The predicted molar refractivity (Wildman–Crippen MR) is 135 cm³/mol. The van der Waals surface area contributed by atoms with Crippen LogP contribution in [0.4, 0.5) is 0 Å². The van der Waals surface area contributed by atoms with E-state index in [0.717, 1.165) is 28.1 Å². The second-order valence-electron chi connectivity index (χ2n) is 7.22. The first-order valence-electron chi connectivity index (χ1n) is 10.8. The van der Waals surface area contributed by atoms with Gasteiger partial charge in [-0.1, -0.05) is 54.6 Å². The number of hydrogen-bond donors (Lipinski definition) is 0. The van der Waals surface area contributed by atoms with E-state index in [0.29, 0.717) is 29.5 Å². The highest BCUT2D eigenvalue weighted by Gasteiger charge is 2.12. The van der Waals surface area contributed by atoms with Crippen LogP contribution >= 0.6 is 11.3 Å². The van der Waals surface area contributed by atoms with Gasteiger partial charge in [-0.3, -0.25) is 0 Å². The number of thiazole rings is 1. The monoisotopic (exact) mass is 452 g/mol. The Morgan fingerprint density at radius 1 is 0.909 bits per heavy atom. The number of nitriles is 1. The minimum absolute atomic E-state index is 0.497. The van der Waals surface area contributed by atoms with E-state index in [1.54, 1.807) is 0 Å². The van der Waals surface area contributed by atoms with Crippen LogP contribution in [-0.4, -0.2) is 18.2 Å². The second-order valence-corrected chi connectivity index (χ2v) is 8.07. The summed E-state index contributed by atoms with van der Waals surface area (Å²) >= 11 is 1.46. The number of allylic oxidation sites excluding steroid dienone is 1. The van der Waals surface area contributed by atoms with Gasteiger partial charge >= 0.3 is 0 Å². The van der Waals surface area contributed by atoms with Crippen molar-refractivity contribution in [2.24, 2.45) is 0 Å². The lowest BCUT2D eigenvalue weighted by Gasteiger charge is -2.10. The van der Waals surface area contributed by atoms with E-state index in [4.69, 9.17) is 14.5 Å². The summed E-state index contributed by atoms with van der Waals surface area (Å²) in [5.41, 5.74) is 5.53. The Bertz CT molecular complexity index is 1290. The fourth-order valence-corrected chi connectivity index (χ4v) is 4.26. The summed E-state index contributed by atoms with van der Waals surface area (Å²) in [5.74, 6) is 1.43.